The lowest BCUT2D eigenvalue weighted by Crippen LogP contribution is -2.33. The van der Waals surface area contributed by atoms with E-state index in [-0.39, 0.29) is 12.3 Å². The van der Waals surface area contributed by atoms with Crippen molar-refractivity contribution in [2.24, 2.45) is 11.8 Å². The van der Waals surface area contributed by atoms with Gasteiger partial charge in [0.1, 0.15) is 0 Å². The number of nitrogens with zero attached hydrogens (tertiary/aromatic N) is 1. The largest absolute Gasteiger partial charge is 0.481 e. The topological polar surface area (TPSA) is 40.5 Å². The average Bonchev–Trinajstić information content (AvgIpc) is 1.94. The Labute approximate surface area is 86.1 Å². The molecule has 0 aliphatic heterocycles. The molecule has 1 aliphatic rings. The van der Waals surface area contributed by atoms with Crippen molar-refractivity contribution in [1.29, 1.82) is 0 Å². The highest BCUT2D eigenvalue weighted by molar-refractivity contribution is 5.66. The SMILES string of the molecule is CC(CC(=O)O)CN(C)CC1CCC1. The van der Waals surface area contributed by atoms with Crippen LogP contribution < -0.4 is 0 Å². The van der Waals surface area contributed by atoms with Gasteiger partial charge in [-0.15, -0.1) is 0 Å². The van der Waals surface area contributed by atoms with E-state index in [9.17, 15) is 4.79 Å². The summed E-state index contributed by atoms with van der Waals surface area (Å²) < 4.78 is 0. The summed E-state index contributed by atoms with van der Waals surface area (Å²) in [7, 11) is 2.09. The zero-order chi connectivity index (χ0) is 10.6. The quantitative estimate of drug-likeness (QED) is 0.709. The average molecular weight is 199 g/mol. The second-order valence-corrected chi connectivity index (χ2v) is 4.72. The zero-order valence-electron chi connectivity index (χ0n) is 9.20. The summed E-state index contributed by atoms with van der Waals surface area (Å²) in [5.41, 5.74) is 0. The van der Waals surface area contributed by atoms with Gasteiger partial charge in [-0.25, -0.2) is 0 Å². The molecule has 0 aromatic carbocycles. The number of rotatable bonds is 6. The molecule has 1 unspecified atom stereocenters. The van der Waals surface area contributed by atoms with Crippen LogP contribution in [0.1, 0.15) is 32.6 Å². The Morgan fingerprint density at radius 3 is 2.64 bits per heavy atom. The Bertz CT molecular complexity index is 190. The van der Waals surface area contributed by atoms with Gasteiger partial charge in [0.15, 0.2) is 0 Å². The second kappa shape index (κ2) is 5.35. The van der Waals surface area contributed by atoms with Crippen molar-refractivity contribution in [2.45, 2.75) is 32.6 Å². The van der Waals surface area contributed by atoms with Crippen LogP contribution in [-0.4, -0.2) is 36.1 Å². The zero-order valence-corrected chi connectivity index (χ0v) is 9.20. The van der Waals surface area contributed by atoms with Crippen LogP contribution in [0.25, 0.3) is 0 Å². The summed E-state index contributed by atoms with van der Waals surface area (Å²) in [6, 6.07) is 0. The second-order valence-electron chi connectivity index (χ2n) is 4.72. The van der Waals surface area contributed by atoms with E-state index in [1.165, 1.54) is 19.3 Å². The lowest BCUT2D eigenvalue weighted by atomic mass is 9.85. The summed E-state index contributed by atoms with van der Waals surface area (Å²) in [5, 5.41) is 8.62. The number of hydrogen-bond donors (Lipinski definition) is 1. The molecule has 1 fully saturated rings. The van der Waals surface area contributed by atoms with Crippen LogP contribution in [0.4, 0.5) is 0 Å². The first-order valence-corrected chi connectivity index (χ1v) is 5.48. The minimum Gasteiger partial charge on any atom is -0.481 e. The molecule has 0 saturated heterocycles. The van der Waals surface area contributed by atoms with E-state index in [1.807, 2.05) is 6.92 Å². The maximum absolute atomic E-state index is 10.5. The van der Waals surface area contributed by atoms with E-state index in [0.29, 0.717) is 0 Å². The molecule has 0 radical (unpaired) electrons. The van der Waals surface area contributed by atoms with E-state index < -0.39 is 5.97 Å². The molecule has 1 rings (SSSR count). The normalized spacial score (nSPS) is 19.4. The predicted octanol–water partition coefficient (Wildman–Crippen LogP) is 1.83. The van der Waals surface area contributed by atoms with Crippen LogP contribution >= 0.6 is 0 Å². The van der Waals surface area contributed by atoms with Gasteiger partial charge in [0, 0.05) is 19.5 Å². The van der Waals surface area contributed by atoms with Gasteiger partial charge in [0.2, 0.25) is 0 Å². The predicted molar refractivity (Wildman–Crippen MR) is 56.3 cm³/mol. The van der Waals surface area contributed by atoms with E-state index in [4.69, 9.17) is 5.11 Å². The lowest BCUT2D eigenvalue weighted by Gasteiger charge is -2.31. The standard InChI is InChI=1S/C11H21NO2/c1-9(6-11(13)14)7-12(2)8-10-4-3-5-10/h9-10H,3-8H2,1-2H3,(H,13,14). The van der Waals surface area contributed by atoms with Gasteiger partial charge in [-0.05, 0) is 31.7 Å². The summed E-state index contributed by atoms with van der Waals surface area (Å²) in [6.45, 7) is 4.05. The summed E-state index contributed by atoms with van der Waals surface area (Å²) in [6.07, 6.45) is 4.38. The number of aliphatic carboxylic acids is 1. The summed E-state index contributed by atoms with van der Waals surface area (Å²) >= 11 is 0. The minimum atomic E-state index is -0.686. The van der Waals surface area contributed by atoms with E-state index in [2.05, 4.69) is 11.9 Å². The van der Waals surface area contributed by atoms with Crippen molar-refractivity contribution >= 4 is 5.97 Å². The van der Waals surface area contributed by atoms with Crippen molar-refractivity contribution in [3.05, 3.63) is 0 Å². The first kappa shape index (κ1) is 11.5. The highest BCUT2D eigenvalue weighted by Crippen LogP contribution is 2.26. The maximum atomic E-state index is 10.5. The molecule has 0 amide bonds. The number of carbonyl (C=O) groups is 1. The monoisotopic (exact) mass is 199 g/mol. The minimum absolute atomic E-state index is 0.262. The molecule has 0 bridgehead atoms. The number of carboxylic acids is 1. The Hall–Kier alpha value is -0.570. The van der Waals surface area contributed by atoms with Crippen LogP contribution in [0.15, 0.2) is 0 Å². The molecule has 3 nitrogen and oxygen atoms in total. The van der Waals surface area contributed by atoms with E-state index >= 15 is 0 Å². The van der Waals surface area contributed by atoms with E-state index in [1.54, 1.807) is 0 Å². The van der Waals surface area contributed by atoms with Crippen molar-refractivity contribution in [3.63, 3.8) is 0 Å². The lowest BCUT2D eigenvalue weighted by molar-refractivity contribution is -0.138. The van der Waals surface area contributed by atoms with Crippen LogP contribution in [0.5, 0.6) is 0 Å². The Morgan fingerprint density at radius 1 is 1.57 bits per heavy atom. The Balaban J connectivity index is 2.11. The molecule has 0 heterocycles. The van der Waals surface area contributed by atoms with Gasteiger partial charge in [-0.1, -0.05) is 13.3 Å². The van der Waals surface area contributed by atoms with Crippen LogP contribution in [0, 0.1) is 11.8 Å². The van der Waals surface area contributed by atoms with Gasteiger partial charge >= 0.3 is 5.97 Å². The fourth-order valence-electron chi connectivity index (χ4n) is 2.09. The first-order valence-electron chi connectivity index (χ1n) is 5.48. The van der Waals surface area contributed by atoms with Crippen LogP contribution in [-0.2, 0) is 4.79 Å². The third-order valence-corrected chi connectivity index (χ3v) is 2.94. The van der Waals surface area contributed by atoms with Gasteiger partial charge < -0.3 is 10.0 Å². The molecule has 3 heteroatoms. The third-order valence-electron chi connectivity index (χ3n) is 2.94. The van der Waals surface area contributed by atoms with Crippen molar-refractivity contribution in [2.75, 3.05) is 20.1 Å². The molecule has 1 aliphatic carbocycles. The molecular formula is C11H21NO2. The molecule has 1 saturated carbocycles. The Morgan fingerprint density at radius 2 is 2.21 bits per heavy atom. The van der Waals surface area contributed by atoms with Gasteiger partial charge in [-0.3, -0.25) is 4.79 Å². The fraction of sp³-hybridized carbons (Fsp3) is 0.909. The van der Waals surface area contributed by atoms with Crippen LogP contribution in [0.2, 0.25) is 0 Å². The molecule has 0 aromatic rings. The highest BCUT2D eigenvalue weighted by atomic mass is 16.4. The summed E-state index contributed by atoms with van der Waals surface area (Å²) in [5.74, 6) is 0.448. The third kappa shape index (κ3) is 4.09. The van der Waals surface area contributed by atoms with Crippen LogP contribution in [0.3, 0.4) is 0 Å². The molecular weight excluding hydrogens is 178 g/mol. The van der Waals surface area contributed by atoms with Crippen molar-refractivity contribution in [1.82, 2.24) is 4.90 Å². The Kier molecular flexibility index (Phi) is 4.39. The van der Waals surface area contributed by atoms with Gasteiger partial charge in [-0.2, -0.15) is 0 Å². The van der Waals surface area contributed by atoms with E-state index in [0.717, 1.165) is 19.0 Å². The molecule has 82 valence electrons. The molecule has 14 heavy (non-hydrogen) atoms. The highest BCUT2D eigenvalue weighted by Gasteiger charge is 2.20. The van der Waals surface area contributed by atoms with Gasteiger partial charge in [0.25, 0.3) is 0 Å². The molecule has 0 aromatic heterocycles. The maximum Gasteiger partial charge on any atom is 0.303 e. The molecule has 1 N–H and O–H groups in total. The molecule has 0 spiro atoms. The van der Waals surface area contributed by atoms with Crippen molar-refractivity contribution in [3.8, 4) is 0 Å². The molecule has 1 atom stereocenters. The van der Waals surface area contributed by atoms with Crippen molar-refractivity contribution < 1.29 is 9.90 Å². The number of hydrogen-bond acceptors (Lipinski definition) is 2. The fourth-order valence-corrected chi connectivity index (χ4v) is 2.09. The number of carboxylic acid groups (broad SMARTS) is 1. The smallest absolute Gasteiger partial charge is 0.303 e. The first-order chi connectivity index (χ1) is 6.58. The van der Waals surface area contributed by atoms with Gasteiger partial charge in [0.05, 0.1) is 0 Å². The summed E-state index contributed by atoms with van der Waals surface area (Å²) in [4.78, 5) is 12.7.